The number of tetrazole rings is 1. The fraction of sp³-hybridized carbons (Fsp3) is 0.333. The predicted molar refractivity (Wildman–Crippen MR) is 113 cm³/mol. The van der Waals surface area contributed by atoms with Crippen molar-refractivity contribution in [2.45, 2.75) is 31.2 Å². The number of thioether (sulfide) groups is 1. The second-order valence-corrected chi connectivity index (χ2v) is 7.54. The number of benzene rings is 2. The van der Waals surface area contributed by atoms with E-state index in [9.17, 15) is 4.79 Å². The highest BCUT2D eigenvalue weighted by atomic mass is 32.2. The Morgan fingerprint density at radius 3 is 2.55 bits per heavy atom. The van der Waals surface area contributed by atoms with E-state index in [4.69, 9.17) is 4.74 Å². The molecule has 152 valence electrons. The zero-order valence-corrected chi connectivity index (χ0v) is 17.9. The average molecular weight is 412 g/mol. The second-order valence-electron chi connectivity index (χ2n) is 6.47. The summed E-state index contributed by atoms with van der Waals surface area (Å²) in [6.45, 7) is 7.26. The van der Waals surface area contributed by atoms with Crippen LogP contribution in [0.3, 0.4) is 0 Å². The largest absolute Gasteiger partial charge is 0.494 e. The molecule has 7 nitrogen and oxygen atoms in total. The Labute approximate surface area is 175 Å². The molecule has 0 aliphatic carbocycles. The molecule has 0 unspecified atom stereocenters. The maximum Gasteiger partial charge on any atom is 0.240 e. The summed E-state index contributed by atoms with van der Waals surface area (Å²) in [5.74, 6) is 0.702. The SMILES string of the molecule is CCN(CC)C(=O)[C@@H](Sc1nnnn1-c1cc(C)ccc1OC)c1ccccc1. The zero-order valence-electron chi connectivity index (χ0n) is 17.1. The van der Waals surface area contributed by atoms with Crippen LogP contribution in [0.4, 0.5) is 0 Å². The topological polar surface area (TPSA) is 73.1 Å². The standard InChI is InChI=1S/C21H25N5O2S/c1-5-25(6-2)20(27)19(16-10-8-7-9-11-16)29-21-22-23-24-26(21)17-14-15(3)12-13-18(17)28-4/h7-14,19H,5-6H2,1-4H3/t19-/m0/s1. The molecule has 0 saturated carbocycles. The first-order chi connectivity index (χ1) is 14.1. The van der Waals surface area contributed by atoms with Crippen LogP contribution in [0, 0.1) is 6.92 Å². The number of hydrogen-bond donors (Lipinski definition) is 0. The summed E-state index contributed by atoms with van der Waals surface area (Å²) >= 11 is 1.34. The molecule has 0 aliphatic rings. The molecule has 0 N–H and O–H groups in total. The van der Waals surface area contributed by atoms with E-state index in [1.165, 1.54) is 11.8 Å². The van der Waals surface area contributed by atoms with E-state index in [0.29, 0.717) is 24.0 Å². The van der Waals surface area contributed by atoms with Gasteiger partial charge in [0.2, 0.25) is 11.1 Å². The quantitative estimate of drug-likeness (QED) is 0.527. The van der Waals surface area contributed by atoms with E-state index in [1.54, 1.807) is 11.8 Å². The van der Waals surface area contributed by atoms with Crippen LogP contribution in [0.2, 0.25) is 0 Å². The first-order valence-corrected chi connectivity index (χ1v) is 10.4. The van der Waals surface area contributed by atoms with E-state index in [1.807, 2.05) is 74.2 Å². The van der Waals surface area contributed by atoms with Gasteiger partial charge in [0.1, 0.15) is 16.7 Å². The lowest BCUT2D eigenvalue weighted by atomic mass is 10.1. The van der Waals surface area contributed by atoms with E-state index in [-0.39, 0.29) is 5.91 Å². The number of aromatic nitrogens is 4. The summed E-state index contributed by atoms with van der Waals surface area (Å²) in [6.07, 6.45) is 0. The minimum Gasteiger partial charge on any atom is -0.494 e. The third-order valence-electron chi connectivity index (χ3n) is 4.63. The highest BCUT2D eigenvalue weighted by Gasteiger charge is 2.28. The van der Waals surface area contributed by atoms with Gasteiger partial charge in [-0.1, -0.05) is 48.2 Å². The van der Waals surface area contributed by atoms with Gasteiger partial charge in [-0.2, -0.15) is 4.68 Å². The minimum atomic E-state index is -0.448. The fourth-order valence-corrected chi connectivity index (χ4v) is 4.14. The average Bonchev–Trinajstić information content (AvgIpc) is 3.21. The van der Waals surface area contributed by atoms with E-state index in [2.05, 4.69) is 15.5 Å². The molecular weight excluding hydrogens is 386 g/mol. The van der Waals surface area contributed by atoms with Crippen LogP contribution in [0.15, 0.2) is 53.7 Å². The molecule has 0 spiro atoms. The van der Waals surface area contributed by atoms with Gasteiger partial charge >= 0.3 is 0 Å². The Morgan fingerprint density at radius 1 is 1.17 bits per heavy atom. The number of nitrogens with zero attached hydrogens (tertiary/aromatic N) is 5. The zero-order chi connectivity index (χ0) is 20.8. The van der Waals surface area contributed by atoms with Crippen molar-refractivity contribution in [1.29, 1.82) is 0 Å². The molecule has 0 saturated heterocycles. The van der Waals surface area contributed by atoms with Gasteiger partial charge in [0, 0.05) is 13.1 Å². The lowest BCUT2D eigenvalue weighted by molar-refractivity contribution is -0.130. The van der Waals surface area contributed by atoms with Crippen LogP contribution in [0.5, 0.6) is 5.75 Å². The van der Waals surface area contributed by atoms with Gasteiger partial charge in [0.15, 0.2) is 0 Å². The van der Waals surface area contributed by atoms with Crippen LogP contribution < -0.4 is 4.74 Å². The Kier molecular flexibility index (Phi) is 6.87. The van der Waals surface area contributed by atoms with Crippen molar-refractivity contribution in [3.05, 3.63) is 59.7 Å². The van der Waals surface area contributed by atoms with E-state index < -0.39 is 5.25 Å². The third-order valence-corrected chi connectivity index (χ3v) is 5.80. The van der Waals surface area contributed by atoms with Crippen molar-refractivity contribution in [2.24, 2.45) is 0 Å². The molecule has 1 amide bonds. The summed E-state index contributed by atoms with van der Waals surface area (Å²) in [5.41, 5.74) is 2.72. The minimum absolute atomic E-state index is 0.0388. The lowest BCUT2D eigenvalue weighted by Crippen LogP contribution is -2.34. The van der Waals surface area contributed by atoms with Gasteiger partial charge in [0.05, 0.1) is 7.11 Å². The highest BCUT2D eigenvalue weighted by molar-refractivity contribution is 8.00. The number of ether oxygens (including phenoxy) is 1. The smallest absolute Gasteiger partial charge is 0.240 e. The Balaban J connectivity index is 2.01. The molecule has 29 heavy (non-hydrogen) atoms. The molecule has 2 aromatic carbocycles. The van der Waals surface area contributed by atoms with Gasteiger partial charge in [0.25, 0.3) is 0 Å². The predicted octanol–water partition coefficient (Wildman–Crippen LogP) is 3.68. The number of carbonyl (C=O) groups excluding carboxylic acids is 1. The van der Waals surface area contributed by atoms with Crippen LogP contribution >= 0.6 is 11.8 Å². The Morgan fingerprint density at radius 2 is 1.90 bits per heavy atom. The first-order valence-electron chi connectivity index (χ1n) is 9.52. The van der Waals surface area contributed by atoms with Crippen LogP contribution in [-0.4, -0.2) is 51.2 Å². The van der Waals surface area contributed by atoms with Crippen molar-refractivity contribution in [3.8, 4) is 11.4 Å². The number of likely N-dealkylation sites (N-methyl/N-ethyl adjacent to an activating group) is 1. The molecular formula is C21H25N5O2S. The van der Waals surface area contributed by atoms with Crippen molar-refractivity contribution < 1.29 is 9.53 Å². The van der Waals surface area contributed by atoms with Gasteiger partial charge in [-0.3, -0.25) is 4.79 Å². The molecule has 1 aromatic heterocycles. The van der Waals surface area contributed by atoms with E-state index in [0.717, 1.165) is 16.8 Å². The number of carbonyl (C=O) groups is 1. The number of hydrogen-bond acceptors (Lipinski definition) is 6. The molecule has 1 atom stereocenters. The number of rotatable bonds is 8. The molecule has 3 aromatic rings. The molecule has 3 rings (SSSR count). The Hall–Kier alpha value is -2.87. The summed E-state index contributed by atoms with van der Waals surface area (Å²) in [7, 11) is 1.61. The maximum absolute atomic E-state index is 13.3. The first kappa shape index (κ1) is 20.9. The van der Waals surface area contributed by atoms with Gasteiger partial charge in [-0.15, -0.1) is 5.10 Å². The monoisotopic (exact) mass is 411 g/mol. The third kappa shape index (κ3) is 4.59. The summed E-state index contributed by atoms with van der Waals surface area (Å²) in [5, 5.41) is 12.3. The number of aryl methyl sites for hydroxylation is 1. The van der Waals surface area contributed by atoms with Crippen LogP contribution in [0.25, 0.3) is 5.69 Å². The summed E-state index contributed by atoms with van der Waals surface area (Å²) in [6, 6.07) is 15.5. The highest BCUT2D eigenvalue weighted by Crippen LogP contribution is 2.37. The van der Waals surface area contributed by atoms with Gasteiger partial charge < -0.3 is 9.64 Å². The number of amides is 1. The van der Waals surface area contributed by atoms with Crippen molar-refractivity contribution in [1.82, 2.24) is 25.1 Å². The molecule has 0 radical (unpaired) electrons. The summed E-state index contributed by atoms with van der Waals surface area (Å²) < 4.78 is 7.12. The Bertz CT molecular complexity index is 957. The maximum atomic E-state index is 13.3. The lowest BCUT2D eigenvalue weighted by Gasteiger charge is -2.24. The van der Waals surface area contributed by atoms with Crippen LogP contribution in [-0.2, 0) is 4.79 Å². The molecule has 0 fully saturated rings. The van der Waals surface area contributed by atoms with Gasteiger partial charge in [-0.25, -0.2) is 0 Å². The van der Waals surface area contributed by atoms with E-state index >= 15 is 0 Å². The second kappa shape index (κ2) is 9.56. The van der Waals surface area contributed by atoms with Crippen molar-refractivity contribution >= 4 is 17.7 Å². The number of methoxy groups -OCH3 is 1. The van der Waals surface area contributed by atoms with Crippen molar-refractivity contribution in [2.75, 3.05) is 20.2 Å². The van der Waals surface area contributed by atoms with Crippen molar-refractivity contribution in [3.63, 3.8) is 0 Å². The fourth-order valence-electron chi connectivity index (χ4n) is 3.06. The molecule has 8 heteroatoms. The summed E-state index contributed by atoms with van der Waals surface area (Å²) in [4.78, 5) is 15.1. The molecule has 0 aliphatic heterocycles. The van der Waals surface area contributed by atoms with Crippen LogP contribution in [0.1, 0.15) is 30.2 Å². The molecule has 1 heterocycles. The molecule has 0 bridgehead atoms. The normalized spacial score (nSPS) is 11.9. The van der Waals surface area contributed by atoms with Gasteiger partial charge in [-0.05, 0) is 54.5 Å².